The summed E-state index contributed by atoms with van der Waals surface area (Å²) in [5.74, 6) is 0.771. The highest BCUT2D eigenvalue weighted by atomic mass is 35.5. The topological polar surface area (TPSA) is 9.23 Å². The van der Waals surface area contributed by atoms with E-state index in [1.165, 1.54) is 19.3 Å². The smallest absolute Gasteiger partial charge is 0.0533 e. The molecule has 1 nitrogen and oxygen atoms in total. The normalized spacial score (nSPS) is 22.2. The van der Waals surface area contributed by atoms with Gasteiger partial charge in [-0.15, -0.1) is 11.6 Å². The lowest BCUT2D eigenvalue weighted by atomic mass is 9.71. The zero-order valence-electron chi connectivity index (χ0n) is 6.53. The van der Waals surface area contributed by atoms with Gasteiger partial charge in [0, 0.05) is 17.9 Å². The van der Waals surface area contributed by atoms with Gasteiger partial charge in [0.2, 0.25) is 0 Å². The van der Waals surface area contributed by atoms with E-state index in [0.29, 0.717) is 5.41 Å². The van der Waals surface area contributed by atoms with Crippen molar-refractivity contribution in [3.8, 4) is 0 Å². The monoisotopic (exact) mass is 162 g/mol. The first-order chi connectivity index (χ1) is 4.83. The van der Waals surface area contributed by atoms with Gasteiger partial charge in [0.05, 0.1) is 6.61 Å². The third-order valence-electron chi connectivity index (χ3n) is 2.31. The number of hydrogen-bond donors (Lipinski definition) is 0. The van der Waals surface area contributed by atoms with Crippen molar-refractivity contribution in [2.45, 2.75) is 26.2 Å². The van der Waals surface area contributed by atoms with Gasteiger partial charge in [-0.25, -0.2) is 0 Å². The van der Waals surface area contributed by atoms with Crippen LogP contribution < -0.4 is 0 Å². The van der Waals surface area contributed by atoms with Gasteiger partial charge in [0.15, 0.2) is 0 Å². The van der Waals surface area contributed by atoms with Gasteiger partial charge in [-0.05, 0) is 19.8 Å². The Hall–Kier alpha value is 0.250. The molecule has 1 aliphatic rings. The maximum absolute atomic E-state index is 5.82. The van der Waals surface area contributed by atoms with Gasteiger partial charge < -0.3 is 4.74 Å². The molecule has 0 N–H and O–H groups in total. The van der Waals surface area contributed by atoms with E-state index in [4.69, 9.17) is 16.3 Å². The van der Waals surface area contributed by atoms with Crippen LogP contribution in [0, 0.1) is 5.41 Å². The lowest BCUT2D eigenvalue weighted by Gasteiger charge is -2.39. The average Bonchev–Trinajstić information content (AvgIpc) is 1.87. The Balaban J connectivity index is 2.20. The zero-order valence-corrected chi connectivity index (χ0v) is 7.28. The summed E-state index contributed by atoms with van der Waals surface area (Å²) in [5, 5.41) is 0. The molecule has 0 unspecified atom stereocenters. The van der Waals surface area contributed by atoms with Crippen molar-refractivity contribution in [2.75, 3.05) is 19.1 Å². The average molecular weight is 163 g/mol. The molecule has 0 bridgehead atoms. The molecule has 0 spiro atoms. The maximum Gasteiger partial charge on any atom is 0.0533 e. The number of ether oxygens (including phenoxy) is 1. The second-order valence-corrected chi connectivity index (χ2v) is 3.39. The summed E-state index contributed by atoms with van der Waals surface area (Å²) < 4.78 is 5.35. The molecule has 0 radical (unpaired) electrons. The van der Waals surface area contributed by atoms with Gasteiger partial charge in [-0.1, -0.05) is 6.42 Å². The first-order valence-electron chi connectivity index (χ1n) is 3.97. The lowest BCUT2D eigenvalue weighted by Crippen LogP contribution is -2.36. The minimum Gasteiger partial charge on any atom is -0.381 e. The van der Waals surface area contributed by atoms with Crippen LogP contribution in [0.25, 0.3) is 0 Å². The molecular formula is C8H15ClO. The summed E-state index contributed by atoms with van der Waals surface area (Å²) in [7, 11) is 0. The lowest BCUT2D eigenvalue weighted by molar-refractivity contribution is 0.0147. The summed E-state index contributed by atoms with van der Waals surface area (Å²) in [6.07, 6.45) is 3.85. The van der Waals surface area contributed by atoms with Crippen molar-refractivity contribution >= 4 is 11.6 Å². The Labute approximate surface area is 67.7 Å². The predicted molar refractivity (Wildman–Crippen MR) is 43.5 cm³/mol. The molecule has 0 atom stereocenters. The standard InChI is InChI=1S/C8H15ClO/c1-2-10-7-8(6-9)4-3-5-8/h2-7H2,1H3. The molecule has 1 rings (SSSR count). The van der Waals surface area contributed by atoms with Crippen molar-refractivity contribution in [1.82, 2.24) is 0 Å². The van der Waals surface area contributed by atoms with Crippen LogP contribution >= 0.6 is 11.6 Å². The van der Waals surface area contributed by atoms with Gasteiger partial charge >= 0.3 is 0 Å². The van der Waals surface area contributed by atoms with Crippen molar-refractivity contribution < 1.29 is 4.74 Å². The van der Waals surface area contributed by atoms with Crippen LogP contribution in [0.4, 0.5) is 0 Å². The van der Waals surface area contributed by atoms with E-state index in [0.717, 1.165) is 19.1 Å². The molecule has 60 valence electrons. The van der Waals surface area contributed by atoms with Crippen molar-refractivity contribution in [3.05, 3.63) is 0 Å². The molecule has 1 aliphatic carbocycles. The molecule has 0 aliphatic heterocycles. The predicted octanol–water partition coefficient (Wildman–Crippen LogP) is 2.43. The van der Waals surface area contributed by atoms with Crippen LogP contribution in [0.5, 0.6) is 0 Å². The van der Waals surface area contributed by atoms with Crippen molar-refractivity contribution in [1.29, 1.82) is 0 Å². The van der Waals surface area contributed by atoms with Crippen LogP contribution in [0.15, 0.2) is 0 Å². The van der Waals surface area contributed by atoms with E-state index < -0.39 is 0 Å². The largest absolute Gasteiger partial charge is 0.381 e. The molecular weight excluding hydrogens is 148 g/mol. The van der Waals surface area contributed by atoms with E-state index in [1.807, 2.05) is 6.92 Å². The fraction of sp³-hybridized carbons (Fsp3) is 1.00. The van der Waals surface area contributed by atoms with E-state index in [-0.39, 0.29) is 0 Å². The van der Waals surface area contributed by atoms with E-state index in [1.54, 1.807) is 0 Å². The molecule has 1 fully saturated rings. The van der Waals surface area contributed by atoms with Gasteiger partial charge in [0.1, 0.15) is 0 Å². The number of hydrogen-bond acceptors (Lipinski definition) is 1. The third kappa shape index (κ3) is 1.64. The SMILES string of the molecule is CCOCC1(CCl)CCC1. The number of rotatable bonds is 4. The highest BCUT2D eigenvalue weighted by molar-refractivity contribution is 6.18. The Morgan fingerprint density at radius 2 is 2.20 bits per heavy atom. The molecule has 10 heavy (non-hydrogen) atoms. The van der Waals surface area contributed by atoms with Crippen LogP contribution in [0.2, 0.25) is 0 Å². The maximum atomic E-state index is 5.82. The second-order valence-electron chi connectivity index (χ2n) is 3.12. The zero-order chi connectivity index (χ0) is 7.45. The first kappa shape index (κ1) is 8.35. The molecule has 2 heteroatoms. The highest BCUT2D eigenvalue weighted by Crippen LogP contribution is 2.41. The minimum atomic E-state index is 0.359. The number of alkyl halides is 1. The van der Waals surface area contributed by atoms with E-state index in [2.05, 4.69) is 0 Å². The Kier molecular flexibility index (Phi) is 2.99. The van der Waals surface area contributed by atoms with Gasteiger partial charge in [0.25, 0.3) is 0 Å². The quantitative estimate of drug-likeness (QED) is 0.577. The van der Waals surface area contributed by atoms with Gasteiger partial charge in [-0.2, -0.15) is 0 Å². The summed E-state index contributed by atoms with van der Waals surface area (Å²) in [5.41, 5.74) is 0.359. The van der Waals surface area contributed by atoms with Gasteiger partial charge in [-0.3, -0.25) is 0 Å². The summed E-state index contributed by atoms with van der Waals surface area (Å²) in [4.78, 5) is 0. The van der Waals surface area contributed by atoms with Crippen molar-refractivity contribution in [3.63, 3.8) is 0 Å². The highest BCUT2D eigenvalue weighted by Gasteiger charge is 2.35. The van der Waals surface area contributed by atoms with E-state index >= 15 is 0 Å². The van der Waals surface area contributed by atoms with Crippen LogP contribution in [0.3, 0.4) is 0 Å². The third-order valence-corrected chi connectivity index (χ3v) is 2.88. The van der Waals surface area contributed by atoms with Crippen LogP contribution in [0.1, 0.15) is 26.2 Å². The minimum absolute atomic E-state index is 0.359. The Morgan fingerprint density at radius 1 is 1.50 bits per heavy atom. The van der Waals surface area contributed by atoms with E-state index in [9.17, 15) is 0 Å². The fourth-order valence-electron chi connectivity index (χ4n) is 1.31. The Morgan fingerprint density at radius 3 is 2.50 bits per heavy atom. The molecule has 1 saturated carbocycles. The molecule has 0 heterocycles. The summed E-state index contributed by atoms with van der Waals surface area (Å²) in [6.45, 7) is 3.71. The molecule has 0 aromatic rings. The fourth-order valence-corrected chi connectivity index (χ4v) is 1.66. The number of halogens is 1. The summed E-state index contributed by atoms with van der Waals surface area (Å²) >= 11 is 5.82. The van der Waals surface area contributed by atoms with Crippen LogP contribution in [-0.4, -0.2) is 19.1 Å². The molecule has 0 aromatic heterocycles. The molecule has 0 saturated heterocycles. The van der Waals surface area contributed by atoms with Crippen molar-refractivity contribution in [2.24, 2.45) is 5.41 Å². The second kappa shape index (κ2) is 3.59. The molecule has 0 aromatic carbocycles. The van der Waals surface area contributed by atoms with Crippen LogP contribution in [-0.2, 0) is 4.74 Å². The molecule has 0 amide bonds. The Bertz CT molecular complexity index is 93.9. The summed E-state index contributed by atoms with van der Waals surface area (Å²) in [6, 6.07) is 0. The first-order valence-corrected chi connectivity index (χ1v) is 4.50.